The maximum Gasteiger partial charge on any atom is 0.410 e. The summed E-state index contributed by atoms with van der Waals surface area (Å²) in [5.41, 5.74) is 1.22. The van der Waals surface area contributed by atoms with Gasteiger partial charge in [-0.1, -0.05) is 41.6 Å². The maximum atomic E-state index is 12.2. The van der Waals surface area contributed by atoms with E-state index in [4.69, 9.17) is 16.3 Å². The van der Waals surface area contributed by atoms with Crippen LogP contribution in [0.2, 0.25) is 5.02 Å². The number of anilines is 1. The number of carbonyl (C=O) groups excluding carboxylic acids is 1. The molecule has 0 bridgehead atoms. The molecule has 1 saturated heterocycles. The van der Waals surface area contributed by atoms with Crippen LogP contribution in [0.25, 0.3) is 0 Å². The zero-order valence-corrected chi connectivity index (χ0v) is 17.2. The molecule has 1 amide bonds. The fraction of sp³-hybridized carbons (Fsp3) is 0.364. The molecule has 2 aromatic rings. The summed E-state index contributed by atoms with van der Waals surface area (Å²) in [6.45, 7) is 8.06. The number of hydrogen-bond donors (Lipinski definition) is 0. The Morgan fingerprint density at radius 3 is 2.32 bits per heavy atom. The van der Waals surface area contributed by atoms with Gasteiger partial charge in [0.1, 0.15) is 11.4 Å². The first-order chi connectivity index (χ1) is 13.3. The van der Waals surface area contributed by atoms with Crippen LogP contribution in [-0.2, 0) is 4.74 Å². The Morgan fingerprint density at radius 1 is 1.07 bits per heavy atom. The fourth-order valence-corrected chi connectivity index (χ4v) is 3.11. The molecule has 0 N–H and O–H groups in total. The highest BCUT2D eigenvalue weighted by Crippen LogP contribution is 2.25. The lowest BCUT2D eigenvalue weighted by atomic mass is 10.2. The van der Waals surface area contributed by atoms with Gasteiger partial charge in [-0.2, -0.15) is 0 Å². The van der Waals surface area contributed by atoms with E-state index in [1.807, 2.05) is 57.2 Å². The molecule has 0 aliphatic carbocycles. The van der Waals surface area contributed by atoms with Crippen LogP contribution < -0.4 is 4.90 Å². The Labute approximate surface area is 171 Å². The van der Waals surface area contributed by atoms with Crippen LogP contribution in [0.4, 0.5) is 10.6 Å². The van der Waals surface area contributed by atoms with Crippen molar-refractivity contribution in [1.29, 1.82) is 0 Å². The highest BCUT2D eigenvalue weighted by molar-refractivity contribution is 6.33. The largest absolute Gasteiger partial charge is 0.444 e. The van der Waals surface area contributed by atoms with Gasteiger partial charge in [-0.15, -0.1) is 0 Å². The van der Waals surface area contributed by atoms with Crippen molar-refractivity contribution in [2.75, 3.05) is 31.1 Å². The normalized spacial score (nSPS) is 14.3. The van der Waals surface area contributed by atoms with Gasteiger partial charge in [-0.25, -0.2) is 9.78 Å². The molecule has 1 aromatic heterocycles. The van der Waals surface area contributed by atoms with Crippen LogP contribution in [0, 0.1) is 11.8 Å². The molecule has 146 valence electrons. The predicted molar refractivity (Wildman–Crippen MR) is 112 cm³/mol. The van der Waals surface area contributed by atoms with Crippen molar-refractivity contribution in [2.24, 2.45) is 0 Å². The smallest absolute Gasteiger partial charge is 0.410 e. The second-order valence-corrected chi connectivity index (χ2v) is 8.01. The summed E-state index contributed by atoms with van der Waals surface area (Å²) < 4.78 is 5.43. The second kappa shape index (κ2) is 8.53. The van der Waals surface area contributed by atoms with E-state index in [1.54, 1.807) is 11.1 Å². The molecule has 0 spiro atoms. The monoisotopic (exact) mass is 397 g/mol. The first-order valence-electron chi connectivity index (χ1n) is 9.27. The van der Waals surface area contributed by atoms with E-state index in [9.17, 15) is 4.79 Å². The van der Waals surface area contributed by atoms with Crippen molar-refractivity contribution in [3.05, 3.63) is 58.7 Å². The van der Waals surface area contributed by atoms with Gasteiger partial charge in [0.05, 0.1) is 5.02 Å². The van der Waals surface area contributed by atoms with Gasteiger partial charge in [0.2, 0.25) is 0 Å². The van der Waals surface area contributed by atoms with Gasteiger partial charge in [-0.05, 0) is 39.0 Å². The molecule has 0 radical (unpaired) electrons. The second-order valence-electron chi connectivity index (χ2n) is 7.60. The summed E-state index contributed by atoms with van der Waals surface area (Å²) in [6.07, 6.45) is 1.45. The molecule has 6 heteroatoms. The average Bonchev–Trinajstić information content (AvgIpc) is 2.66. The third kappa shape index (κ3) is 5.40. The summed E-state index contributed by atoms with van der Waals surface area (Å²) >= 11 is 6.45. The van der Waals surface area contributed by atoms with E-state index in [0.29, 0.717) is 31.2 Å². The van der Waals surface area contributed by atoms with Crippen LogP contribution in [0.15, 0.2) is 42.6 Å². The van der Waals surface area contributed by atoms with Crippen LogP contribution in [0.1, 0.15) is 31.9 Å². The summed E-state index contributed by atoms with van der Waals surface area (Å²) in [5.74, 6) is 6.91. The molecular weight excluding hydrogens is 374 g/mol. The van der Waals surface area contributed by atoms with E-state index in [1.165, 1.54) is 0 Å². The lowest BCUT2D eigenvalue weighted by molar-refractivity contribution is 0.0240. The molecule has 1 fully saturated rings. The molecule has 0 unspecified atom stereocenters. The van der Waals surface area contributed by atoms with E-state index in [0.717, 1.165) is 16.9 Å². The minimum atomic E-state index is -0.490. The Balaban J connectivity index is 1.63. The first kappa shape index (κ1) is 20.0. The van der Waals surface area contributed by atoms with Gasteiger partial charge in [0, 0.05) is 43.5 Å². The molecule has 0 atom stereocenters. The Bertz CT molecular complexity index is 889. The van der Waals surface area contributed by atoms with Crippen LogP contribution >= 0.6 is 11.6 Å². The summed E-state index contributed by atoms with van der Waals surface area (Å²) in [6, 6.07) is 11.6. The minimum Gasteiger partial charge on any atom is -0.444 e. The molecule has 0 saturated carbocycles. The summed E-state index contributed by atoms with van der Waals surface area (Å²) in [5, 5.41) is 0.561. The quantitative estimate of drug-likeness (QED) is 0.677. The maximum absolute atomic E-state index is 12.2. The van der Waals surface area contributed by atoms with Crippen molar-refractivity contribution in [2.45, 2.75) is 26.4 Å². The molecule has 28 heavy (non-hydrogen) atoms. The zero-order valence-electron chi connectivity index (χ0n) is 16.4. The number of ether oxygens (including phenoxy) is 1. The van der Waals surface area contributed by atoms with Gasteiger partial charge in [-0.3, -0.25) is 0 Å². The van der Waals surface area contributed by atoms with E-state index in [-0.39, 0.29) is 6.09 Å². The topological polar surface area (TPSA) is 45.7 Å². The number of pyridine rings is 1. The lowest BCUT2D eigenvalue weighted by Crippen LogP contribution is -2.50. The summed E-state index contributed by atoms with van der Waals surface area (Å²) in [4.78, 5) is 20.5. The van der Waals surface area contributed by atoms with Crippen molar-refractivity contribution in [3.63, 3.8) is 0 Å². The molecule has 1 aromatic carbocycles. The number of carbonyl (C=O) groups is 1. The molecule has 5 nitrogen and oxygen atoms in total. The number of amides is 1. The van der Waals surface area contributed by atoms with Crippen LogP contribution in [0.3, 0.4) is 0 Å². The van der Waals surface area contributed by atoms with Crippen molar-refractivity contribution < 1.29 is 9.53 Å². The van der Waals surface area contributed by atoms with Crippen molar-refractivity contribution in [1.82, 2.24) is 9.88 Å². The fourth-order valence-electron chi connectivity index (χ4n) is 2.82. The number of hydrogen-bond acceptors (Lipinski definition) is 4. The molecule has 2 heterocycles. The minimum absolute atomic E-state index is 0.280. The Hall–Kier alpha value is -2.71. The number of halogens is 1. The van der Waals surface area contributed by atoms with Crippen LogP contribution in [-0.4, -0.2) is 47.8 Å². The first-order valence-corrected chi connectivity index (χ1v) is 9.65. The highest BCUT2D eigenvalue weighted by Gasteiger charge is 2.27. The predicted octanol–water partition coefficient (Wildman–Crippen LogP) is 4.19. The standard InChI is InChI=1S/C22H24ClN3O2/c1-22(2,3)28-21(27)26-13-11-25(12-14-26)20-19(23)15-18(16-24-20)10-9-17-7-5-4-6-8-17/h4-8,15-16H,11-14H2,1-3H3. The number of aromatic nitrogens is 1. The summed E-state index contributed by atoms with van der Waals surface area (Å²) in [7, 11) is 0. The molecule has 1 aliphatic rings. The zero-order chi connectivity index (χ0) is 20.1. The van der Waals surface area contributed by atoms with Crippen molar-refractivity contribution in [3.8, 4) is 11.8 Å². The molecular formula is C22H24ClN3O2. The van der Waals surface area contributed by atoms with Crippen molar-refractivity contribution >= 4 is 23.5 Å². The number of piperazine rings is 1. The number of rotatable bonds is 1. The SMILES string of the molecule is CC(C)(C)OC(=O)N1CCN(c2ncc(C#Cc3ccccc3)cc2Cl)CC1. The third-order valence-electron chi connectivity index (χ3n) is 4.18. The van der Waals surface area contributed by atoms with E-state index >= 15 is 0 Å². The van der Waals surface area contributed by atoms with Gasteiger partial charge >= 0.3 is 6.09 Å². The van der Waals surface area contributed by atoms with Crippen LogP contribution in [0.5, 0.6) is 0 Å². The Morgan fingerprint density at radius 2 is 1.71 bits per heavy atom. The van der Waals surface area contributed by atoms with Gasteiger partial charge in [0.25, 0.3) is 0 Å². The molecule has 1 aliphatic heterocycles. The van der Waals surface area contributed by atoms with Gasteiger partial charge < -0.3 is 14.5 Å². The average molecular weight is 398 g/mol. The molecule has 3 rings (SSSR count). The van der Waals surface area contributed by atoms with E-state index in [2.05, 4.69) is 21.7 Å². The number of benzene rings is 1. The van der Waals surface area contributed by atoms with E-state index < -0.39 is 5.60 Å². The highest BCUT2D eigenvalue weighted by atomic mass is 35.5. The van der Waals surface area contributed by atoms with Gasteiger partial charge in [0.15, 0.2) is 0 Å². The number of nitrogens with zero attached hydrogens (tertiary/aromatic N) is 3. The third-order valence-corrected chi connectivity index (χ3v) is 4.46. The Kier molecular flexibility index (Phi) is 6.11. The lowest BCUT2D eigenvalue weighted by Gasteiger charge is -2.36.